The Labute approximate surface area is 99.0 Å². The molecule has 0 aliphatic carbocycles. The minimum Gasteiger partial charge on any atom is -0.462 e. The lowest BCUT2D eigenvalue weighted by molar-refractivity contribution is -0.158. The van der Waals surface area contributed by atoms with E-state index in [1.165, 1.54) is 6.92 Å². The van der Waals surface area contributed by atoms with E-state index in [2.05, 4.69) is 4.74 Å². The maximum Gasteiger partial charge on any atom is 0.339 e. The van der Waals surface area contributed by atoms with Crippen LogP contribution in [-0.4, -0.2) is 30.3 Å². The second-order valence-corrected chi connectivity index (χ2v) is 3.32. The van der Waals surface area contributed by atoms with Gasteiger partial charge in [-0.1, -0.05) is 30.3 Å². The van der Waals surface area contributed by atoms with Gasteiger partial charge in [0, 0.05) is 6.92 Å². The SMILES string of the molecule is CC(=O)OCCOC(=O)C(O)c1ccccc1. The smallest absolute Gasteiger partial charge is 0.339 e. The first-order valence-electron chi connectivity index (χ1n) is 5.14. The lowest BCUT2D eigenvalue weighted by atomic mass is 10.1. The van der Waals surface area contributed by atoms with Crippen LogP contribution in [0.1, 0.15) is 18.6 Å². The Hall–Kier alpha value is -1.88. The largest absolute Gasteiger partial charge is 0.462 e. The van der Waals surface area contributed by atoms with Gasteiger partial charge in [-0.3, -0.25) is 4.79 Å². The number of carbonyl (C=O) groups is 2. The van der Waals surface area contributed by atoms with Gasteiger partial charge in [-0.15, -0.1) is 0 Å². The normalized spacial score (nSPS) is 11.6. The predicted octanol–water partition coefficient (Wildman–Crippen LogP) is 0.826. The quantitative estimate of drug-likeness (QED) is 0.607. The summed E-state index contributed by atoms with van der Waals surface area (Å²) < 4.78 is 9.32. The molecule has 0 bridgehead atoms. The van der Waals surface area contributed by atoms with Crippen molar-refractivity contribution in [1.82, 2.24) is 0 Å². The number of hydrogen-bond donors (Lipinski definition) is 1. The molecule has 5 heteroatoms. The molecule has 0 aromatic heterocycles. The van der Waals surface area contributed by atoms with Gasteiger partial charge < -0.3 is 14.6 Å². The van der Waals surface area contributed by atoms with E-state index in [-0.39, 0.29) is 13.2 Å². The highest BCUT2D eigenvalue weighted by atomic mass is 16.6. The van der Waals surface area contributed by atoms with Gasteiger partial charge >= 0.3 is 11.9 Å². The standard InChI is InChI=1S/C12H14O5/c1-9(13)16-7-8-17-12(15)11(14)10-5-3-2-4-6-10/h2-6,11,14H,7-8H2,1H3. The van der Waals surface area contributed by atoms with Gasteiger partial charge in [0.15, 0.2) is 6.10 Å². The topological polar surface area (TPSA) is 72.8 Å². The van der Waals surface area contributed by atoms with Crippen molar-refractivity contribution in [2.24, 2.45) is 0 Å². The Balaban J connectivity index is 2.35. The first-order chi connectivity index (χ1) is 8.11. The van der Waals surface area contributed by atoms with Crippen LogP contribution in [0.15, 0.2) is 30.3 Å². The first kappa shape index (κ1) is 13.2. The summed E-state index contributed by atoms with van der Waals surface area (Å²) in [5.41, 5.74) is 0.463. The van der Waals surface area contributed by atoms with Crippen molar-refractivity contribution in [2.45, 2.75) is 13.0 Å². The highest BCUT2D eigenvalue weighted by Crippen LogP contribution is 2.13. The van der Waals surface area contributed by atoms with Crippen LogP contribution in [0.5, 0.6) is 0 Å². The van der Waals surface area contributed by atoms with Crippen molar-refractivity contribution in [2.75, 3.05) is 13.2 Å². The van der Waals surface area contributed by atoms with Crippen LogP contribution in [-0.2, 0) is 19.1 Å². The van der Waals surface area contributed by atoms with Crippen LogP contribution in [0, 0.1) is 0 Å². The van der Waals surface area contributed by atoms with Crippen molar-refractivity contribution >= 4 is 11.9 Å². The van der Waals surface area contributed by atoms with Gasteiger partial charge in [0.2, 0.25) is 0 Å². The molecule has 0 amide bonds. The van der Waals surface area contributed by atoms with E-state index >= 15 is 0 Å². The second-order valence-electron chi connectivity index (χ2n) is 3.32. The molecule has 0 aliphatic rings. The molecule has 1 unspecified atom stereocenters. The van der Waals surface area contributed by atoms with Crippen LogP contribution in [0.3, 0.4) is 0 Å². The minimum absolute atomic E-state index is 0.0113. The lowest BCUT2D eigenvalue weighted by Gasteiger charge is -2.10. The summed E-state index contributed by atoms with van der Waals surface area (Å²) >= 11 is 0. The maximum absolute atomic E-state index is 11.4. The summed E-state index contributed by atoms with van der Waals surface area (Å²) in [6.07, 6.45) is -1.31. The molecule has 0 spiro atoms. The Morgan fingerprint density at radius 3 is 2.35 bits per heavy atom. The number of ether oxygens (including phenoxy) is 2. The molecule has 92 valence electrons. The number of benzene rings is 1. The Morgan fingerprint density at radius 2 is 1.76 bits per heavy atom. The molecule has 0 fully saturated rings. The van der Waals surface area contributed by atoms with Crippen LogP contribution < -0.4 is 0 Å². The van der Waals surface area contributed by atoms with Crippen molar-refractivity contribution < 1.29 is 24.2 Å². The molecule has 1 N–H and O–H groups in total. The van der Waals surface area contributed by atoms with Gasteiger partial charge in [0.05, 0.1) is 0 Å². The molecular weight excluding hydrogens is 224 g/mol. The summed E-state index contributed by atoms with van der Waals surface area (Å²) in [6.45, 7) is 1.19. The monoisotopic (exact) mass is 238 g/mol. The summed E-state index contributed by atoms with van der Waals surface area (Å²) in [7, 11) is 0. The summed E-state index contributed by atoms with van der Waals surface area (Å²) in [6, 6.07) is 8.45. The molecule has 0 saturated heterocycles. The fourth-order valence-corrected chi connectivity index (χ4v) is 1.18. The van der Waals surface area contributed by atoms with E-state index in [1.807, 2.05) is 0 Å². The number of aliphatic hydroxyl groups excluding tert-OH is 1. The molecule has 5 nitrogen and oxygen atoms in total. The lowest BCUT2D eigenvalue weighted by Crippen LogP contribution is -2.18. The zero-order chi connectivity index (χ0) is 12.7. The average molecular weight is 238 g/mol. The fourth-order valence-electron chi connectivity index (χ4n) is 1.18. The summed E-state index contributed by atoms with van der Waals surface area (Å²) in [5, 5.41) is 9.62. The van der Waals surface area contributed by atoms with Crippen molar-refractivity contribution in [3.05, 3.63) is 35.9 Å². The summed E-state index contributed by atoms with van der Waals surface area (Å²) in [4.78, 5) is 21.8. The van der Waals surface area contributed by atoms with Crippen LogP contribution >= 0.6 is 0 Å². The molecule has 0 aliphatic heterocycles. The minimum atomic E-state index is -1.31. The molecule has 0 heterocycles. The Kier molecular flexibility index (Phi) is 5.16. The third kappa shape index (κ3) is 4.65. The molecule has 0 saturated carbocycles. The Bertz CT molecular complexity index is 374. The molecule has 0 radical (unpaired) electrons. The van der Waals surface area contributed by atoms with Gasteiger partial charge in [-0.2, -0.15) is 0 Å². The van der Waals surface area contributed by atoms with Gasteiger partial charge in [-0.25, -0.2) is 4.79 Å². The molecule has 1 atom stereocenters. The van der Waals surface area contributed by atoms with Gasteiger partial charge in [0.25, 0.3) is 0 Å². The highest BCUT2D eigenvalue weighted by molar-refractivity contribution is 5.76. The number of aliphatic hydroxyl groups is 1. The van der Waals surface area contributed by atoms with E-state index in [0.717, 1.165) is 0 Å². The second kappa shape index (κ2) is 6.65. The van der Waals surface area contributed by atoms with Crippen molar-refractivity contribution in [3.8, 4) is 0 Å². The fraction of sp³-hybridized carbons (Fsp3) is 0.333. The van der Waals surface area contributed by atoms with Crippen molar-refractivity contribution in [1.29, 1.82) is 0 Å². The molecule has 1 rings (SSSR count). The number of rotatable bonds is 5. The van der Waals surface area contributed by atoms with Crippen LogP contribution in [0.25, 0.3) is 0 Å². The Morgan fingerprint density at radius 1 is 1.18 bits per heavy atom. The molecule has 17 heavy (non-hydrogen) atoms. The van der Waals surface area contributed by atoms with Crippen LogP contribution in [0.4, 0.5) is 0 Å². The van der Waals surface area contributed by atoms with E-state index in [4.69, 9.17) is 4.74 Å². The molecular formula is C12H14O5. The average Bonchev–Trinajstić information content (AvgIpc) is 2.34. The van der Waals surface area contributed by atoms with E-state index in [1.54, 1.807) is 30.3 Å². The maximum atomic E-state index is 11.4. The first-order valence-corrected chi connectivity index (χ1v) is 5.14. The van der Waals surface area contributed by atoms with E-state index in [0.29, 0.717) is 5.56 Å². The number of carbonyl (C=O) groups excluding carboxylic acids is 2. The zero-order valence-electron chi connectivity index (χ0n) is 9.46. The third-order valence-electron chi connectivity index (χ3n) is 1.97. The molecule has 1 aromatic carbocycles. The predicted molar refractivity (Wildman–Crippen MR) is 59.0 cm³/mol. The third-order valence-corrected chi connectivity index (χ3v) is 1.97. The zero-order valence-corrected chi connectivity index (χ0v) is 9.46. The molecule has 1 aromatic rings. The highest BCUT2D eigenvalue weighted by Gasteiger charge is 2.18. The van der Waals surface area contributed by atoms with Gasteiger partial charge in [0.1, 0.15) is 13.2 Å². The van der Waals surface area contributed by atoms with Gasteiger partial charge in [-0.05, 0) is 5.56 Å². The number of hydrogen-bond acceptors (Lipinski definition) is 5. The number of esters is 2. The van der Waals surface area contributed by atoms with E-state index < -0.39 is 18.0 Å². The van der Waals surface area contributed by atoms with Crippen LogP contribution in [0.2, 0.25) is 0 Å². The van der Waals surface area contributed by atoms with Crippen molar-refractivity contribution in [3.63, 3.8) is 0 Å². The summed E-state index contributed by atoms with van der Waals surface area (Å²) in [5.74, 6) is -1.20. The van der Waals surface area contributed by atoms with E-state index in [9.17, 15) is 14.7 Å².